The maximum atomic E-state index is 14.6. The Bertz CT molecular complexity index is 1340. The van der Waals surface area contributed by atoms with Gasteiger partial charge >= 0.3 is 6.03 Å². The van der Waals surface area contributed by atoms with Crippen LogP contribution in [0.3, 0.4) is 0 Å². The van der Waals surface area contributed by atoms with E-state index in [1.807, 2.05) is 0 Å². The van der Waals surface area contributed by atoms with Crippen LogP contribution < -0.4 is 10.2 Å². The molecule has 1 aliphatic rings. The second-order valence-electron chi connectivity index (χ2n) is 8.35. The predicted molar refractivity (Wildman–Crippen MR) is 125 cm³/mol. The van der Waals surface area contributed by atoms with Crippen LogP contribution in [0.2, 0.25) is 5.02 Å². The first kappa shape index (κ1) is 25.3. The largest absolute Gasteiger partial charge is 0.508 e. The second kappa shape index (κ2) is 9.69. The third-order valence-corrected chi connectivity index (χ3v) is 6.46. The fourth-order valence-electron chi connectivity index (χ4n) is 4.00. The van der Waals surface area contributed by atoms with Gasteiger partial charge in [-0.15, -0.1) is 0 Å². The van der Waals surface area contributed by atoms with Crippen molar-refractivity contribution in [1.82, 2.24) is 10.2 Å². The maximum Gasteiger partial charge on any atom is 0.325 e. The highest BCUT2D eigenvalue weighted by atomic mass is 35.5. The van der Waals surface area contributed by atoms with E-state index in [0.717, 1.165) is 12.1 Å². The lowest BCUT2D eigenvalue weighted by Gasteiger charge is -2.39. The number of aromatic hydroxyl groups is 1. The maximum absolute atomic E-state index is 14.6. The molecule has 3 aromatic rings. The first-order valence-corrected chi connectivity index (χ1v) is 11.1. The molecule has 188 valence electrons. The van der Waals surface area contributed by atoms with E-state index in [1.54, 1.807) is 20.0 Å². The van der Waals surface area contributed by atoms with Crippen molar-refractivity contribution in [2.24, 2.45) is 0 Å². The van der Waals surface area contributed by atoms with Crippen LogP contribution in [0.5, 0.6) is 5.75 Å². The first-order chi connectivity index (χ1) is 17.0. The number of phenolic OH excluding ortho intramolecular Hbond substituents is 1. The number of carbonyl (C=O) groups excluding carboxylic acids is 2. The molecule has 0 saturated carbocycles. The molecule has 0 fully saturated rings. The number of amides is 3. The molecule has 0 aromatic heterocycles. The Hall–Kier alpha value is -3.79. The molecule has 1 heterocycles. The van der Waals surface area contributed by atoms with Gasteiger partial charge in [-0.3, -0.25) is 9.69 Å². The van der Waals surface area contributed by atoms with Crippen LogP contribution in [0, 0.1) is 23.3 Å². The molecule has 0 saturated heterocycles. The zero-order valence-electron chi connectivity index (χ0n) is 19.1. The minimum absolute atomic E-state index is 0.0335. The lowest BCUT2D eigenvalue weighted by molar-refractivity contribution is 0.0950. The highest BCUT2D eigenvalue weighted by Crippen LogP contribution is 2.38. The summed E-state index contributed by atoms with van der Waals surface area (Å²) in [4.78, 5) is 28.6. The summed E-state index contributed by atoms with van der Waals surface area (Å²) in [6, 6.07) is 6.72. The molecule has 0 radical (unpaired) electrons. The van der Waals surface area contributed by atoms with Gasteiger partial charge in [0.1, 0.15) is 29.0 Å². The molecule has 0 unspecified atom stereocenters. The number of hydrogen-bond acceptors (Lipinski definition) is 3. The SMILES string of the molecule is C[C@H]1c2ccc(C(=O)NCc3c(F)cc(F)cc3F)cc2N(Cc2c(F)cc(O)cc2Cl)C(=O)N1C. The predicted octanol–water partition coefficient (Wildman–Crippen LogP) is 5.67. The van der Waals surface area contributed by atoms with Crippen LogP contribution >= 0.6 is 11.6 Å². The summed E-state index contributed by atoms with van der Waals surface area (Å²) in [5, 5.41) is 11.9. The molecule has 3 amide bonds. The first-order valence-electron chi connectivity index (χ1n) is 10.7. The number of carbonyl (C=O) groups is 2. The van der Waals surface area contributed by atoms with Gasteiger partial charge in [0.15, 0.2) is 0 Å². The molecular weight excluding hydrogens is 502 g/mol. The van der Waals surface area contributed by atoms with Crippen molar-refractivity contribution in [2.75, 3.05) is 11.9 Å². The summed E-state index contributed by atoms with van der Waals surface area (Å²) in [5.74, 6) is -5.24. The van der Waals surface area contributed by atoms with E-state index >= 15 is 0 Å². The second-order valence-corrected chi connectivity index (χ2v) is 8.76. The van der Waals surface area contributed by atoms with E-state index in [2.05, 4.69) is 5.32 Å². The molecule has 0 bridgehead atoms. The number of benzene rings is 3. The van der Waals surface area contributed by atoms with Gasteiger partial charge in [0.25, 0.3) is 5.91 Å². The Morgan fingerprint density at radius 2 is 1.67 bits per heavy atom. The highest BCUT2D eigenvalue weighted by molar-refractivity contribution is 6.31. The molecule has 1 aliphatic heterocycles. The van der Waals surface area contributed by atoms with Gasteiger partial charge in [0.2, 0.25) is 0 Å². The summed E-state index contributed by atoms with van der Waals surface area (Å²) in [5.41, 5.74) is 0.519. The monoisotopic (exact) mass is 521 g/mol. The van der Waals surface area contributed by atoms with E-state index in [4.69, 9.17) is 11.6 Å². The number of nitrogens with one attached hydrogen (secondary N) is 1. The highest BCUT2D eigenvalue weighted by Gasteiger charge is 2.34. The van der Waals surface area contributed by atoms with Gasteiger partial charge in [-0.25, -0.2) is 22.4 Å². The molecule has 36 heavy (non-hydrogen) atoms. The Morgan fingerprint density at radius 1 is 1.03 bits per heavy atom. The third kappa shape index (κ3) is 4.68. The van der Waals surface area contributed by atoms with Gasteiger partial charge in [0, 0.05) is 48.5 Å². The molecule has 6 nitrogen and oxygen atoms in total. The summed E-state index contributed by atoms with van der Waals surface area (Å²) in [7, 11) is 1.57. The van der Waals surface area contributed by atoms with Crippen LogP contribution in [-0.2, 0) is 13.1 Å². The molecule has 0 aliphatic carbocycles. The zero-order chi connectivity index (χ0) is 26.3. The van der Waals surface area contributed by atoms with Crippen molar-refractivity contribution < 1.29 is 32.3 Å². The topological polar surface area (TPSA) is 72.9 Å². The summed E-state index contributed by atoms with van der Waals surface area (Å²) >= 11 is 6.11. The standard InChI is InChI=1S/C25H20ClF4N3O3/c1-12-16-4-3-13(24(35)31-10-17-20(28)6-14(27)7-21(17)29)5-23(16)33(25(36)32(12)2)11-18-19(26)8-15(34)9-22(18)30/h3-9,12,34H,10-11H2,1-2H3,(H,31,35)/t12-/m0/s1. The Morgan fingerprint density at radius 3 is 2.31 bits per heavy atom. The van der Waals surface area contributed by atoms with Gasteiger partial charge in [0.05, 0.1) is 23.3 Å². The number of halogens is 5. The molecule has 11 heteroatoms. The van der Waals surface area contributed by atoms with E-state index < -0.39 is 47.3 Å². The van der Waals surface area contributed by atoms with Crippen molar-refractivity contribution in [3.8, 4) is 5.75 Å². The van der Waals surface area contributed by atoms with Crippen molar-refractivity contribution in [2.45, 2.75) is 26.1 Å². The van der Waals surface area contributed by atoms with Crippen molar-refractivity contribution in [1.29, 1.82) is 0 Å². The molecule has 4 rings (SSSR count). The van der Waals surface area contributed by atoms with Crippen molar-refractivity contribution >= 4 is 29.2 Å². The summed E-state index contributed by atoms with van der Waals surface area (Å²) < 4.78 is 55.5. The van der Waals surface area contributed by atoms with E-state index in [0.29, 0.717) is 23.4 Å². The number of phenols is 1. The fraction of sp³-hybridized carbons (Fsp3) is 0.200. The van der Waals surface area contributed by atoms with Crippen LogP contribution in [-0.4, -0.2) is 29.0 Å². The number of nitrogens with zero attached hydrogens (tertiary/aromatic N) is 2. The van der Waals surface area contributed by atoms with E-state index in [-0.39, 0.29) is 34.5 Å². The van der Waals surface area contributed by atoms with Crippen molar-refractivity contribution in [3.05, 3.63) is 93.0 Å². The van der Waals surface area contributed by atoms with Crippen LogP contribution in [0.4, 0.5) is 28.0 Å². The van der Waals surface area contributed by atoms with Gasteiger partial charge in [-0.1, -0.05) is 17.7 Å². The van der Waals surface area contributed by atoms with Crippen molar-refractivity contribution in [3.63, 3.8) is 0 Å². The minimum Gasteiger partial charge on any atom is -0.508 e. The molecular formula is C25H20ClF4N3O3. The quantitative estimate of drug-likeness (QED) is 0.425. The van der Waals surface area contributed by atoms with E-state index in [1.165, 1.54) is 21.9 Å². The number of rotatable bonds is 5. The number of urea groups is 1. The minimum atomic E-state index is -1.14. The third-order valence-electron chi connectivity index (χ3n) is 6.12. The molecule has 1 atom stereocenters. The lowest BCUT2D eigenvalue weighted by Crippen LogP contribution is -2.46. The average molecular weight is 522 g/mol. The normalized spacial score (nSPS) is 15.2. The van der Waals surface area contributed by atoms with Gasteiger partial charge in [-0.05, 0) is 30.7 Å². The van der Waals surface area contributed by atoms with Gasteiger partial charge < -0.3 is 15.3 Å². The zero-order valence-corrected chi connectivity index (χ0v) is 19.8. The summed E-state index contributed by atoms with van der Waals surface area (Å²) in [6.45, 7) is 0.955. The number of fused-ring (bicyclic) bond motifs is 1. The Balaban J connectivity index is 1.66. The van der Waals surface area contributed by atoms with Crippen LogP contribution in [0.25, 0.3) is 0 Å². The van der Waals surface area contributed by atoms with Gasteiger partial charge in [-0.2, -0.15) is 0 Å². The van der Waals surface area contributed by atoms with Crippen LogP contribution in [0.1, 0.15) is 40.0 Å². The smallest absolute Gasteiger partial charge is 0.325 e. The lowest BCUT2D eigenvalue weighted by atomic mass is 9.98. The summed E-state index contributed by atoms with van der Waals surface area (Å²) in [6.07, 6.45) is 0. The number of anilines is 1. The molecule has 0 spiro atoms. The number of hydrogen-bond donors (Lipinski definition) is 2. The molecule has 2 N–H and O–H groups in total. The fourth-order valence-corrected chi connectivity index (χ4v) is 4.26. The van der Waals surface area contributed by atoms with E-state index in [9.17, 15) is 32.3 Å². The average Bonchev–Trinajstić information content (AvgIpc) is 2.80. The Labute approximate surface area is 208 Å². The van der Waals surface area contributed by atoms with Crippen LogP contribution in [0.15, 0.2) is 42.5 Å². The Kier molecular flexibility index (Phi) is 6.81. The molecule has 3 aromatic carbocycles.